The van der Waals surface area contributed by atoms with Crippen molar-refractivity contribution in [3.63, 3.8) is 0 Å². The van der Waals surface area contributed by atoms with Crippen LogP contribution in [0.3, 0.4) is 0 Å². The van der Waals surface area contributed by atoms with Crippen molar-refractivity contribution in [1.82, 2.24) is 19.5 Å². The van der Waals surface area contributed by atoms with E-state index in [1.165, 1.54) is 29.2 Å². The summed E-state index contributed by atoms with van der Waals surface area (Å²) < 4.78 is 6.09. The fourth-order valence-corrected chi connectivity index (χ4v) is 2.03. The van der Waals surface area contributed by atoms with Gasteiger partial charge < -0.3 is 9.84 Å². The smallest absolute Gasteiger partial charge is 0.410 e. The van der Waals surface area contributed by atoms with Gasteiger partial charge >= 0.3 is 5.43 Å². The number of pyridine rings is 1. The van der Waals surface area contributed by atoms with Crippen LogP contribution < -0.4 is 4.74 Å². The molecule has 21 heavy (non-hydrogen) atoms. The van der Waals surface area contributed by atoms with Crippen LogP contribution in [-0.2, 0) is 0 Å². The summed E-state index contributed by atoms with van der Waals surface area (Å²) in [6.45, 7) is 0. The third kappa shape index (κ3) is 2.37. The van der Waals surface area contributed by atoms with Crippen LogP contribution in [0.4, 0.5) is 4.79 Å². The van der Waals surface area contributed by atoms with E-state index < -0.39 is 5.43 Å². The van der Waals surface area contributed by atoms with Crippen LogP contribution >= 0.6 is 23.2 Å². The molecule has 0 aliphatic heterocycles. The van der Waals surface area contributed by atoms with Gasteiger partial charge in [-0.25, -0.2) is 24.3 Å². The van der Waals surface area contributed by atoms with Crippen molar-refractivity contribution in [3.8, 4) is 17.6 Å². The van der Waals surface area contributed by atoms with Crippen LogP contribution in [0, 0.1) is 0 Å². The molecule has 0 amide bonds. The van der Waals surface area contributed by atoms with Crippen molar-refractivity contribution >= 4 is 39.7 Å². The molecule has 0 aliphatic rings. The highest BCUT2D eigenvalue weighted by molar-refractivity contribution is 6.61. The molecular weight excluding hydrogens is 319 g/mol. The topological polar surface area (TPSA) is 90.1 Å². The van der Waals surface area contributed by atoms with Gasteiger partial charge in [0.15, 0.2) is 11.0 Å². The predicted molar refractivity (Wildman–Crippen MR) is 75.2 cm³/mol. The van der Waals surface area contributed by atoms with Gasteiger partial charge in [-0.15, -0.1) is 0 Å². The van der Waals surface area contributed by atoms with Crippen molar-refractivity contribution in [2.24, 2.45) is 0 Å². The molecular formula is C12H6Cl2N4O3. The van der Waals surface area contributed by atoms with Crippen LogP contribution in [-0.4, -0.2) is 30.1 Å². The van der Waals surface area contributed by atoms with Gasteiger partial charge in [-0.3, -0.25) is 0 Å². The van der Waals surface area contributed by atoms with Gasteiger partial charge in [0.2, 0.25) is 11.8 Å². The zero-order valence-corrected chi connectivity index (χ0v) is 11.7. The molecule has 0 atom stereocenters. The molecule has 0 unspecified atom stereocenters. The second-order valence-corrected chi connectivity index (χ2v) is 4.64. The van der Waals surface area contributed by atoms with Crippen molar-refractivity contribution in [1.29, 1.82) is 0 Å². The Kier molecular flexibility index (Phi) is 3.36. The third-order valence-corrected chi connectivity index (χ3v) is 2.95. The van der Waals surface area contributed by atoms with Gasteiger partial charge in [-0.1, -0.05) is 11.6 Å². The van der Waals surface area contributed by atoms with Gasteiger partial charge in [0, 0.05) is 30.2 Å². The third-order valence-electron chi connectivity index (χ3n) is 2.65. The number of fused-ring (bicyclic) bond motifs is 1. The van der Waals surface area contributed by atoms with Gasteiger partial charge in [-0.05, 0) is 12.1 Å². The average Bonchev–Trinajstić information content (AvgIpc) is 2.73. The van der Waals surface area contributed by atoms with E-state index in [2.05, 4.69) is 15.0 Å². The lowest BCUT2D eigenvalue weighted by atomic mass is 10.4. The lowest BCUT2D eigenvalue weighted by Crippen LogP contribution is -2.04. The molecule has 0 aromatic carbocycles. The number of aromatic nitrogens is 4. The summed E-state index contributed by atoms with van der Waals surface area (Å²) in [5.74, 6) is -0.0871. The Morgan fingerprint density at radius 3 is 2.52 bits per heavy atom. The number of hydrogen-bond acceptors (Lipinski definition) is 6. The summed E-state index contributed by atoms with van der Waals surface area (Å²) in [6, 6.07) is 3.10. The normalized spacial score (nSPS) is 10.8. The highest BCUT2D eigenvalue weighted by atomic mass is 35.5. The summed E-state index contributed by atoms with van der Waals surface area (Å²) in [4.78, 5) is 23.1. The molecule has 3 aromatic rings. The summed E-state index contributed by atoms with van der Waals surface area (Å²) in [7, 11) is 0. The van der Waals surface area contributed by atoms with E-state index in [1.54, 1.807) is 6.07 Å². The number of nitrogens with zero attached hydrogens (tertiary/aromatic N) is 4. The maximum atomic E-state index is 11.1. The van der Waals surface area contributed by atoms with Gasteiger partial charge in [0.25, 0.3) is 0 Å². The van der Waals surface area contributed by atoms with E-state index >= 15 is 0 Å². The number of halogens is 2. The first kappa shape index (κ1) is 13.6. The number of rotatable bonds is 2. The maximum Gasteiger partial charge on any atom is 0.410 e. The molecule has 0 saturated heterocycles. The second kappa shape index (κ2) is 5.19. The number of carbonyl (C=O) groups is 1. The first-order chi connectivity index (χ1) is 10.1. The molecule has 0 saturated carbocycles. The van der Waals surface area contributed by atoms with E-state index in [0.717, 1.165) is 0 Å². The largest absolute Gasteiger partial charge is 0.493 e. The Morgan fingerprint density at radius 1 is 1.19 bits per heavy atom. The number of aromatic hydroxyl groups is 1. The predicted octanol–water partition coefficient (Wildman–Crippen LogP) is 2.91. The number of carbonyl (C=O) groups excluding carboxylic acids is 1. The minimum absolute atomic E-state index is 0.0783. The molecule has 0 fully saturated rings. The Labute approximate surface area is 127 Å². The van der Waals surface area contributed by atoms with E-state index in [0.29, 0.717) is 5.02 Å². The first-order valence-electron chi connectivity index (χ1n) is 5.61. The minimum atomic E-state index is -1.07. The zero-order chi connectivity index (χ0) is 15.0. The highest BCUT2D eigenvalue weighted by Crippen LogP contribution is 2.36. The van der Waals surface area contributed by atoms with Gasteiger partial charge in [0.05, 0.1) is 5.02 Å². The molecule has 3 aromatic heterocycles. The Bertz CT molecular complexity index is 832. The quantitative estimate of drug-likeness (QED) is 0.729. The van der Waals surface area contributed by atoms with E-state index in [4.69, 9.17) is 27.9 Å². The fourth-order valence-electron chi connectivity index (χ4n) is 1.85. The number of ether oxygens (including phenoxy) is 1. The molecule has 1 N–H and O–H groups in total. The summed E-state index contributed by atoms with van der Waals surface area (Å²) in [5, 5.41) is 10.7. The second-order valence-electron chi connectivity index (χ2n) is 3.89. The molecule has 0 bridgehead atoms. The SMILES string of the molecule is O=C(Cl)Oc1c2nccnc2c(O)n1-c1ccc(Cl)cn1. The Hall–Kier alpha value is -2.38. The van der Waals surface area contributed by atoms with E-state index in [1.807, 2.05) is 0 Å². The molecule has 3 heterocycles. The van der Waals surface area contributed by atoms with Crippen molar-refractivity contribution < 1.29 is 14.6 Å². The van der Waals surface area contributed by atoms with Crippen molar-refractivity contribution in [3.05, 3.63) is 35.7 Å². The summed E-state index contributed by atoms with van der Waals surface area (Å²) in [6.07, 6.45) is 4.18. The van der Waals surface area contributed by atoms with Crippen molar-refractivity contribution in [2.45, 2.75) is 0 Å². The molecule has 0 radical (unpaired) electrons. The molecule has 7 nitrogen and oxygen atoms in total. The zero-order valence-electron chi connectivity index (χ0n) is 10.2. The summed E-state index contributed by atoms with van der Waals surface area (Å²) in [5.41, 5.74) is -0.738. The van der Waals surface area contributed by atoms with Crippen LogP contribution in [0.25, 0.3) is 16.9 Å². The van der Waals surface area contributed by atoms with Crippen molar-refractivity contribution in [2.75, 3.05) is 0 Å². The average molecular weight is 325 g/mol. The summed E-state index contributed by atoms with van der Waals surface area (Å²) >= 11 is 11.0. The minimum Gasteiger partial charge on any atom is -0.493 e. The lowest BCUT2D eigenvalue weighted by molar-refractivity contribution is 0.223. The highest BCUT2D eigenvalue weighted by Gasteiger charge is 2.23. The first-order valence-corrected chi connectivity index (χ1v) is 6.37. The molecule has 3 rings (SSSR count). The van der Waals surface area contributed by atoms with Crippen LogP contribution in [0.5, 0.6) is 11.8 Å². The van der Waals surface area contributed by atoms with Crippen LogP contribution in [0.15, 0.2) is 30.7 Å². The Morgan fingerprint density at radius 2 is 1.90 bits per heavy atom. The molecule has 0 aliphatic carbocycles. The molecule has 9 heteroatoms. The van der Waals surface area contributed by atoms with E-state index in [-0.39, 0.29) is 28.6 Å². The van der Waals surface area contributed by atoms with E-state index in [9.17, 15) is 9.90 Å². The molecule has 0 spiro atoms. The Balaban J connectivity index is 2.31. The van der Waals surface area contributed by atoms with Gasteiger partial charge in [-0.2, -0.15) is 0 Å². The molecule has 106 valence electrons. The standard InChI is InChI=1S/C12H6Cl2N4O3/c13-6-1-2-7(17-5-6)18-10(19)8-9(16-4-3-15-8)11(18)21-12(14)20/h1-5,19H. The monoisotopic (exact) mass is 324 g/mol. The number of hydrogen-bond donors (Lipinski definition) is 1. The fraction of sp³-hybridized carbons (Fsp3) is 0. The van der Waals surface area contributed by atoms with Crippen LogP contribution in [0.2, 0.25) is 5.02 Å². The lowest BCUT2D eigenvalue weighted by Gasteiger charge is -2.07. The van der Waals surface area contributed by atoms with Crippen LogP contribution in [0.1, 0.15) is 0 Å². The van der Waals surface area contributed by atoms with Gasteiger partial charge in [0.1, 0.15) is 5.82 Å². The maximum absolute atomic E-state index is 11.1.